The van der Waals surface area contributed by atoms with E-state index in [1.807, 2.05) is 12.4 Å². The van der Waals surface area contributed by atoms with Crippen LogP contribution in [0.25, 0.3) is 0 Å². The van der Waals surface area contributed by atoms with Crippen LogP contribution in [-0.2, 0) is 0 Å². The van der Waals surface area contributed by atoms with E-state index in [1.54, 1.807) is 0 Å². The molecule has 2 atom stereocenters. The zero-order chi connectivity index (χ0) is 11.5. The fourth-order valence-corrected chi connectivity index (χ4v) is 1.55. The van der Waals surface area contributed by atoms with Gasteiger partial charge in [-0.15, -0.1) is 0 Å². The molecule has 2 heteroatoms. The van der Waals surface area contributed by atoms with Crippen molar-refractivity contribution in [1.82, 2.24) is 0 Å². The lowest BCUT2D eigenvalue weighted by Gasteiger charge is -2.29. The highest BCUT2D eigenvalue weighted by atomic mass is 15.2. The molecule has 0 aromatic heterocycles. The van der Waals surface area contributed by atoms with E-state index in [0.29, 0.717) is 5.92 Å². The summed E-state index contributed by atoms with van der Waals surface area (Å²) in [6.45, 7) is 11.0. The molecule has 1 rings (SSSR count). The molecule has 84 valence electrons. The summed E-state index contributed by atoms with van der Waals surface area (Å²) >= 11 is 0. The minimum atomic E-state index is 0.00643. The average Bonchev–Trinajstić information content (AvgIpc) is 2.19. The summed E-state index contributed by atoms with van der Waals surface area (Å²) in [5, 5.41) is 8.23. The molecule has 0 radical (unpaired) electrons. The molecule has 0 aromatic rings. The van der Waals surface area contributed by atoms with Gasteiger partial charge in [-0.3, -0.25) is 0 Å². The fraction of sp³-hybridized carbons (Fsp3) is 0.692. The Morgan fingerprint density at radius 1 is 1.07 bits per heavy atom. The summed E-state index contributed by atoms with van der Waals surface area (Å²) in [7, 11) is 0. The van der Waals surface area contributed by atoms with Gasteiger partial charge in [0.2, 0.25) is 0 Å². The third-order valence-electron chi connectivity index (χ3n) is 3.34. The maximum absolute atomic E-state index is 4.14. The molecule has 0 bridgehead atoms. The van der Waals surface area contributed by atoms with E-state index >= 15 is 0 Å². The van der Waals surface area contributed by atoms with E-state index in [4.69, 9.17) is 0 Å². The molecule has 1 heterocycles. The summed E-state index contributed by atoms with van der Waals surface area (Å²) in [6, 6.07) is 0. The van der Waals surface area contributed by atoms with E-state index in [0.717, 1.165) is 6.42 Å². The maximum Gasteiger partial charge on any atom is 0.0369 e. The third-order valence-corrected chi connectivity index (χ3v) is 3.34. The van der Waals surface area contributed by atoms with Crippen molar-refractivity contribution in [1.29, 1.82) is 0 Å². The number of nitrogens with zero attached hydrogens (tertiary/aromatic N) is 2. The van der Waals surface area contributed by atoms with E-state index in [-0.39, 0.29) is 10.8 Å². The lowest BCUT2D eigenvalue weighted by molar-refractivity contribution is 0.374. The van der Waals surface area contributed by atoms with Gasteiger partial charge in [0, 0.05) is 23.3 Å². The van der Waals surface area contributed by atoms with Gasteiger partial charge in [0.25, 0.3) is 0 Å². The van der Waals surface area contributed by atoms with Gasteiger partial charge >= 0.3 is 0 Å². The van der Waals surface area contributed by atoms with E-state index in [1.165, 1.54) is 0 Å². The molecule has 1 aliphatic rings. The van der Waals surface area contributed by atoms with Crippen molar-refractivity contribution in [3.63, 3.8) is 0 Å². The monoisotopic (exact) mass is 206 g/mol. The summed E-state index contributed by atoms with van der Waals surface area (Å²) in [4.78, 5) is 0. The summed E-state index contributed by atoms with van der Waals surface area (Å²) < 4.78 is 0. The van der Waals surface area contributed by atoms with Gasteiger partial charge in [-0.1, -0.05) is 53.2 Å². The smallest absolute Gasteiger partial charge is 0.0369 e. The van der Waals surface area contributed by atoms with Crippen molar-refractivity contribution in [3.05, 3.63) is 12.2 Å². The first-order valence-electron chi connectivity index (χ1n) is 5.69. The van der Waals surface area contributed by atoms with Crippen molar-refractivity contribution in [3.8, 4) is 0 Å². The molecule has 0 amide bonds. The molecule has 0 aliphatic carbocycles. The number of hydrogen-bond donors (Lipinski definition) is 0. The molecule has 0 aromatic carbocycles. The topological polar surface area (TPSA) is 24.7 Å². The van der Waals surface area contributed by atoms with E-state index in [9.17, 15) is 0 Å². The molecule has 0 spiro atoms. The molecule has 0 fully saturated rings. The molecule has 0 saturated heterocycles. The van der Waals surface area contributed by atoms with Crippen LogP contribution in [0.1, 0.15) is 41.0 Å². The lowest BCUT2D eigenvalue weighted by atomic mass is 9.75. The van der Waals surface area contributed by atoms with Crippen molar-refractivity contribution in [2.24, 2.45) is 27.0 Å². The average molecular weight is 206 g/mol. The minimum absolute atomic E-state index is 0.00643. The molecule has 2 nitrogen and oxygen atoms in total. The van der Waals surface area contributed by atoms with Gasteiger partial charge in [0.1, 0.15) is 0 Å². The van der Waals surface area contributed by atoms with Crippen molar-refractivity contribution in [2.75, 3.05) is 0 Å². The van der Waals surface area contributed by atoms with Crippen LogP contribution in [-0.4, -0.2) is 12.4 Å². The standard InChI is InChI=1S/C13H22N2/c1-6-11(2)13(5)8-7-12(3,4)9-14-15-10-13/h7-11H,6H2,1-5H3/b8-7-,14-9-,15-10-. The maximum atomic E-state index is 4.14. The van der Waals surface area contributed by atoms with Gasteiger partial charge < -0.3 is 0 Å². The molecular formula is C13H22N2. The normalized spacial score (nSPS) is 37.4. The SMILES string of the molecule is CCC(C)C1(C)/C=C\C(C)(C)/C=N\N=C/1. The van der Waals surface area contributed by atoms with Crippen molar-refractivity contribution >= 4 is 12.4 Å². The second kappa shape index (κ2) is 4.30. The van der Waals surface area contributed by atoms with Gasteiger partial charge in [-0.25, -0.2) is 0 Å². The third kappa shape index (κ3) is 3.01. The highest BCUT2D eigenvalue weighted by Crippen LogP contribution is 2.32. The Hall–Kier alpha value is -0.920. The Morgan fingerprint density at radius 2 is 1.67 bits per heavy atom. The van der Waals surface area contributed by atoms with Crippen LogP contribution >= 0.6 is 0 Å². The largest absolute Gasteiger partial charge is 0.163 e. The highest BCUT2D eigenvalue weighted by molar-refractivity contribution is 5.74. The highest BCUT2D eigenvalue weighted by Gasteiger charge is 2.27. The zero-order valence-electron chi connectivity index (χ0n) is 10.5. The van der Waals surface area contributed by atoms with Crippen LogP contribution < -0.4 is 0 Å². The van der Waals surface area contributed by atoms with Gasteiger partial charge in [0.15, 0.2) is 0 Å². The molecule has 1 aliphatic heterocycles. The minimum Gasteiger partial charge on any atom is -0.163 e. The Bertz CT molecular complexity index is 300. The first-order valence-corrected chi connectivity index (χ1v) is 5.69. The second-order valence-corrected chi connectivity index (χ2v) is 5.32. The van der Waals surface area contributed by atoms with E-state index in [2.05, 4.69) is 57.0 Å². The van der Waals surface area contributed by atoms with Crippen LogP contribution in [0.15, 0.2) is 22.4 Å². The molecule has 2 unspecified atom stereocenters. The number of rotatable bonds is 2. The molecule has 0 saturated carbocycles. The van der Waals surface area contributed by atoms with Crippen molar-refractivity contribution < 1.29 is 0 Å². The molecule has 0 N–H and O–H groups in total. The number of allylic oxidation sites excluding steroid dienone is 2. The molecular weight excluding hydrogens is 184 g/mol. The lowest BCUT2D eigenvalue weighted by Crippen LogP contribution is -2.26. The predicted octanol–water partition coefficient (Wildman–Crippen LogP) is 3.69. The first kappa shape index (κ1) is 12.2. The van der Waals surface area contributed by atoms with Gasteiger partial charge in [0.05, 0.1) is 0 Å². The summed E-state index contributed by atoms with van der Waals surface area (Å²) in [5.74, 6) is 0.585. The Labute approximate surface area is 93.2 Å². The first-order chi connectivity index (χ1) is 6.90. The Balaban J connectivity index is 3.03. The van der Waals surface area contributed by atoms with Gasteiger partial charge in [-0.2, -0.15) is 10.2 Å². The quantitative estimate of drug-likeness (QED) is 0.616. The Kier molecular flexibility index (Phi) is 3.48. The van der Waals surface area contributed by atoms with Gasteiger partial charge in [-0.05, 0) is 5.92 Å². The second-order valence-electron chi connectivity index (χ2n) is 5.32. The van der Waals surface area contributed by atoms with Crippen LogP contribution in [0.5, 0.6) is 0 Å². The zero-order valence-corrected chi connectivity index (χ0v) is 10.5. The number of hydrogen-bond acceptors (Lipinski definition) is 2. The van der Waals surface area contributed by atoms with Crippen LogP contribution in [0.4, 0.5) is 0 Å². The molecule has 15 heavy (non-hydrogen) atoms. The van der Waals surface area contributed by atoms with E-state index < -0.39 is 0 Å². The summed E-state index contributed by atoms with van der Waals surface area (Å²) in [5.41, 5.74) is 0.0380. The predicted molar refractivity (Wildman–Crippen MR) is 67.5 cm³/mol. The van der Waals surface area contributed by atoms with Crippen LogP contribution in [0.3, 0.4) is 0 Å². The summed E-state index contributed by atoms with van der Waals surface area (Å²) in [6.07, 6.45) is 9.50. The fourth-order valence-electron chi connectivity index (χ4n) is 1.55. The van der Waals surface area contributed by atoms with Crippen molar-refractivity contribution in [2.45, 2.75) is 41.0 Å². The van der Waals surface area contributed by atoms with Crippen LogP contribution in [0.2, 0.25) is 0 Å². The van der Waals surface area contributed by atoms with Crippen LogP contribution in [0, 0.1) is 16.7 Å². The Morgan fingerprint density at radius 3 is 2.27 bits per heavy atom.